The Labute approximate surface area is 97.5 Å². The van der Waals surface area contributed by atoms with Crippen LogP contribution >= 0.6 is 0 Å². The Morgan fingerprint density at radius 2 is 2.35 bits per heavy atom. The molecule has 1 unspecified atom stereocenters. The molecule has 0 aliphatic carbocycles. The van der Waals surface area contributed by atoms with Crippen LogP contribution in [0.4, 0.5) is 4.39 Å². The standard InChI is InChI=1S/C12H13FN2O2/c1-7(16)5-15-12(17)8-6-14-10-4-2-3-9(13)11(8)10/h2-4,6-7,14,16H,5H2,1H3,(H,15,17). The summed E-state index contributed by atoms with van der Waals surface area (Å²) >= 11 is 0. The second-order valence-corrected chi connectivity index (χ2v) is 3.92. The molecular formula is C12H13FN2O2. The Balaban J connectivity index is 2.32. The van der Waals surface area contributed by atoms with Gasteiger partial charge in [-0.05, 0) is 19.1 Å². The Bertz CT molecular complexity index is 548. The lowest BCUT2D eigenvalue weighted by Gasteiger charge is -2.06. The highest BCUT2D eigenvalue weighted by Gasteiger charge is 2.15. The fourth-order valence-electron chi connectivity index (χ4n) is 1.65. The summed E-state index contributed by atoms with van der Waals surface area (Å²) in [6, 6.07) is 4.58. The molecule has 1 aromatic heterocycles. The van der Waals surface area contributed by atoms with Gasteiger partial charge in [0.25, 0.3) is 5.91 Å². The van der Waals surface area contributed by atoms with E-state index in [4.69, 9.17) is 5.11 Å². The van der Waals surface area contributed by atoms with Gasteiger partial charge < -0.3 is 15.4 Å². The fraction of sp³-hybridized carbons (Fsp3) is 0.250. The van der Waals surface area contributed by atoms with E-state index in [0.29, 0.717) is 5.52 Å². The van der Waals surface area contributed by atoms with E-state index in [1.165, 1.54) is 12.3 Å². The van der Waals surface area contributed by atoms with Crippen molar-refractivity contribution in [1.29, 1.82) is 0 Å². The first-order valence-electron chi connectivity index (χ1n) is 5.31. The number of hydrogen-bond acceptors (Lipinski definition) is 2. The van der Waals surface area contributed by atoms with E-state index in [0.717, 1.165) is 0 Å². The number of benzene rings is 1. The number of aliphatic hydroxyl groups is 1. The van der Waals surface area contributed by atoms with Gasteiger partial charge in [-0.1, -0.05) is 6.07 Å². The molecule has 0 saturated heterocycles. The average molecular weight is 236 g/mol. The van der Waals surface area contributed by atoms with Crippen molar-refractivity contribution in [2.45, 2.75) is 13.0 Å². The Morgan fingerprint density at radius 1 is 1.59 bits per heavy atom. The van der Waals surface area contributed by atoms with Crippen LogP contribution in [0.1, 0.15) is 17.3 Å². The van der Waals surface area contributed by atoms with Crippen molar-refractivity contribution in [3.63, 3.8) is 0 Å². The summed E-state index contributed by atoms with van der Waals surface area (Å²) in [5.74, 6) is -0.840. The van der Waals surface area contributed by atoms with Crippen molar-refractivity contribution in [2.24, 2.45) is 0 Å². The van der Waals surface area contributed by atoms with E-state index in [9.17, 15) is 9.18 Å². The number of aromatic nitrogens is 1. The van der Waals surface area contributed by atoms with Crippen LogP contribution in [0.15, 0.2) is 24.4 Å². The maximum Gasteiger partial charge on any atom is 0.253 e. The Kier molecular flexibility index (Phi) is 3.10. The Hall–Kier alpha value is -1.88. The first kappa shape index (κ1) is 11.6. The van der Waals surface area contributed by atoms with E-state index in [2.05, 4.69) is 10.3 Å². The van der Waals surface area contributed by atoms with Gasteiger partial charge in [0.15, 0.2) is 0 Å². The number of amides is 1. The van der Waals surface area contributed by atoms with Crippen LogP contribution in [0.5, 0.6) is 0 Å². The van der Waals surface area contributed by atoms with Crippen molar-refractivity contribution in [3.8, 4) is 0 Å². The minimum Gasteiger partial charge on any atom is -0.392 e. The molecule has 17 heavy (non-hydrogen) atoms. The van der Waals surface area contributed by atoms with E-state index in [-0.39, 0.29) is 17.5 Å². The number of aliphatic hydroxyl groups excluding tert-OH is 1. The third-order valence-corrected chi connectivity index (χ3v) is 2.46. The second kappa shape index (κ2) is 4.55. The molecule has 0 spiro atoms. The van der Waals surface area contributed by atoms with Gasteiger partial charge in [0.2, 0.25) is 0 Å². The molecule has 90 valence electrons. The minimum atomic E-state index is -0.631. The normalized spacial score (nSPS) is 12.6. The largest absolute Gasteiger partial charge is 0.392 e. The summed E-state index contributed by atoms with van der Waals surface area (Å²) in [5.41, 5.74) is 0.825. The van der Waals surface area contributed by atoms with Crippen LogP contribution in [-0.4, -0.2) is 28.6 Å². The predicted octanol–water partition coefficient (Wildman–Crippen LogP) is 1.42. The number of fused-ring (bicyclic) bond motifs is 1. The SMILES string of the molecule is CC(O)CNC(=O)c1c[nH]c2cccc(F)c12. The molecule has 0 aliphatic rings. The van der Waals surface area contributed by atoms with Gasteiger partial charge in [-0.2, -0.15) is 0 Å². The molecule has 4 nitrogen and oxygen atoms in total. The molecule has 2 rings (SSSR count). The summed E-state index contributed by atoms with van der Waals surface area (Å²) < 4.78 is 13.6. The van der Waals surface area contributed by atoms with Gasteiger partial charge in [-0.25, -0.2) is 4.39 Å². The summed E-state index contributed by atoms with van der Waals surface area (Å²) in [6.45, 7) is 1.70. The molecule has 0 radical (unpaired) electrons. The maximum absolute atomic E-state index is 13.6. The number of H-pyrrole nitrogens is 1. The molecule has 0 fully saturated rings. The molecule has 1 aromatic carbocycles. The van der Waals surface area contributed by atoms with Gasteiger partial charge >= 0.3 is 0 Å². The van der Waals surface area contributed by atoms with Crippen molar-refractivity contribution >= 4 is 16.8 Å². The van der Waals surface area contributed by atoms with Crippen LogP contribution in [0.2, 0.25) is 0 Å². The molecular weight excluding hydrogens is 223 g/mol. The van der Waals surface area contributed by atoms with Crippen molar-refractivity contribution in [2.75, 3.05) is 6.54 Å². The second-order valence-electron chi connectivity index (χ2n) is 3.92. The molecule has 0 bridgehead atoms. The lowest BCUT2D eigenvalue weighted by atomic mass is 10.1. The summed E-state index contributed by atoms with van der Waals surface area (Å²) in [7, 11) is 0. The zero-order chi connectivity index (χ0) is 12.4. The minimum absolute atomic E-state index is 0.139. The average Bonchev–Trinajstić information content (AvgIpc) is 2.71. The van der Waals surface area contributed by atoms with E-state index in [1.807, 2.05) is 0 Å². The first-order chi connectivity index (χ1) is 8.09. The lowest BCUT2D eigenvalue weighted by Crippen LogP contribution is -2.30. The Morgan fingerprint density at radius 3 is 3.06 bits per heavy atom. The summed E-state index contributed by atoms with van der Waals surface area (Å²) in [6.07, 6.45) is 0.833. The molecule has 2 aromatic rings. The highest BCUT2D eigenvalue weighted by molar-refractivity contribution is 6.06. The van der Waals surface area contributed by atoms with Crippen molar-refractivity contribution < 1.29 is 14.3 Å². The quantitative estimate of drug-likeness (QED) is 0.754. The van der Waals surface area contributed by atoms with E-state index < -0.39 is 17.8 Å². The van der Waals surface area contributed by atoms with Gasteiger partial charge in [-0.3, -0.25) is 4.79 Å². The number of hydrogen-bond donors (Lipinski definition) is 3. The van der Waals surface area contributed by atoms with Crippen molar-refractivity contribution in [3.05, 3.63) is 35.8 Å². The van der Waals surface area contributed by atoms with Crippen LogP contribution in [-0.2, 0) is 0 Å². The molecule has 5 heteroatoms. The van der Waals surface area contributed by atoms with Crippen LogP contribution < -0.4 is 5.32 Å². The molecule has 0 saturated carbocycles. The fourth-order valence-corrected chi connectivity index (χ4v) is 1.65. The third-order valence-electron chi connectivity index (χ3n) is 2.46. The number of carbonyl (C=O) groups excluding carboxylic acids is 1. The van der Waals surface area contributed by atoms with E-state index in [1.54, 1.807) is 19.1 Å². The zero-order valence-corrected chi connectivity index (χ0v) is 9.33. The summed E-state index contributed by atoms with van der Waals surface area (Å²) in [5, 5.41) is 11.9. The van der Waals surface area contributed by atoms with Gasteiger partial charge in [0.05, 0.1) is 11.7 Å². The van der Waals surface area contributed by atoms with E-state index >= 15 is 0 Å². The molecule has 1 atom stereocenters. The van der Waals surface area contributed by atoms with Crippen LogP contribution in [0, 0.1) is 5.82 Å². The van der Waals surface area contributed by atoms with Crippen LogP contribution in [0.25, 0.3) is 10.9 Å². The third kappa shape index (κ3) is 2.29. The highest BCUT2D eigenvalue weighted by Crippen LogP contribution is 2.21. The van der Waals surface area contributed by atoms with Crippen molar-refractivity contribution in [1.82, 2.24) is 10.3 Å². The molecule has 3 N–H and O–H groups in total. The number of halogens is 1. The number of carbonyl (C=O) groups is 1. The van der Waals surface area contributed by atoms with Gasteiger partial charge in [-0.15, -0.1) is 0 Å². The first-order valence-corrected chi connectivity index (χ1v) is 5.31. The van der Waals surface area contributed by atoms with Crippen LogP contribution in [0.3, 0.4) is 0 Å². The molecule has 1 amide bonds. The predicted molar refractivity (Wildman–Crippen MR) is 62.3 cm³/mol. The lowest BCUT2D eigenvalue weighted by molar-refractivity contribution is 0.0925. The smallest absolute Gasteiger partial charge is 0.253 e. The maximum atomic E-state index is 13.6. The molecule has 0 aliphatic heterocycles. The number of aromatic amines is 1. The number of nitrogens with one attached hydrogen (secondary N) is 2. The topological polar surface area (TPSA) is 65.1 Å². The highest BCUT2D eigenvalue weighted by atomic mass is 19.1. The zero-order valence-electron chi connectivity index (χ0n) is 9.33. The van der Waals surface area contributed by atoms with Gasteiger partial charge in [0.1, 0.15) is 5.82 Å². The monoisotopic (exact) mass is 236 g/mol. The summed E-state index contributed by atoms with van der Waals surface area (Å²) in [4.78, 5) is 14.6. The number of rotatable bonds is 3. The van der Waals surface area contributed by atoms with Gasteiger partial charge in [0, 0.05) is 23.6 Å². The molecule has 1 heterocycles.